The van der Waals surface area contributed by atoms with Crippen molar-refractivity contribution in [2.45, 2.75) is 24.4 Å². The standard InChI is InChI=1S/C12H22O6/c1-3-5-17-8-10(18-6-4-2)12(16)11(15)9(14)7-13/h3-4,9-16H,1-2,5-8H2. The lowest BCUT2D eigenvalue weighted by Gasteiger charge is -2.28. The van der Waals surface area contributed by atoms with Gasteiger partial charge < -0.3 is 29.9 Å². The first-order valence-electron chi connectivity index (χ1n) is 5.64. The van der Waals surface area contributed by atoms with E-state index < -0.39 is 31.0 Å². The summed E-state index contributed by atoms with van der Waals surface area (Å²) in [6.45, 7) is 6.76. The third kappa shape index (κ3) is 6.25. The topological polar surface area (TPSA) is 99.4 Å². The van der Waals surface area contributed by atoms with Crippen LogP contribution in [-0.2, 0) is 9.47 Å². The second-order valence-electron chi connectivity index (χ2n) is 3.72. The van der Waals surface area contributed by atoms with Crippen molar-refractivity contribution in [1.29, 1.82) is 0 Å². The molecule has 0 amide bonds. The van der Waals surface area contributed by atoms with E-state index in [2.05, 4.69) is 13.2 Å². The van der Waals surface area contributed by atoms with E-state index in [0.29, 0.717) is 0 Å². The molecule has 6 heteroatoms. The van der Waals surface area contributed by atoms with Gasteiger partial charge in [-0.05, 0) is 0 Å². The Morgan fingerprint density at radius 1 is 1.00 bits per heavy atom. The molecule has 0 saturated heterocycles. The van der Waals surface area contributed by atoms with Crippen LogP contribution in [0, 0.1) is 0 Å². The maximum atomic E-state index is 9.82. The number of rotatable bonds is 11. The Morgan fingerprint density at radius 3 is 2.11 bits per heavy atom. The van der Waals surface area contributed by atoms with Gasteiger partial charge in [-0.25, -0.2) is 0 Å². The normalized spacial score (nSPS) is 17.8. The molecule has 0 aromatic rings. The van der Waals surface area contributed by atoms with E-state index in [9.17, 15) is 15.3 Å². The third-order valence-corrected chi connectivity index (χ3v) is 2.26. The Hall–Kier alpha value is -0.760. The van der Waals surface area contributed by atoms with Crippen LogP contribution in [0.3, 0.4) is 0 Å². The predicted molar refractivity (Wildman–Crippen MR) is 66.1 cm³/mol. The molecule has 18 heavy (non-hydrogen) atoms. The average molecular weight is 262 g/mol. The van der Waals surface area contributed by atoms with E-state index >= 15 is 0 Å². The van der Waals surface area contributed by atoms with E-state index in [-0.39, 0.29) is 19.8 Å². The number of aliphatic hydroxyl groups excluding tert-OH is 4. The Kier molecular flexibility index (Phi) is 9.76. The molecule has 0 saturated carbocycles. The van der Waals surface area contributed by atoms with Crippen molar-refractivity contribution in [3.8, 4) is 0 Å². The number of ether oxygens (including phenoxy) is 2. The summed E-state index contributed by atoms with van der Waals surface area (Å²) in [7, 11) is 0. The van der Waals surface area contributed by atoms with E-state index in [1.807, 2.05) is 0 Å². The molecule has 4 atom stereocenters. The van der Waals surface area contributed by atoms with Gasteiger partial charge in [-0.1, -0.05) is 12.2 Å². The van der Waals surface area contributed by atoms with Crippen LogP contribution in [0.4, 0.5) is 0 Å². The van der Waals surface area contributed by atoms with E-state index in [4.69, 9.17) is 14.6 Å². The molecule has 0 rings (SSSR count). The highest BCUT2D eigenvalue weighted by atomic mass is 16.5. The molecule has 0 fully saturated rings. The van der Waals surface area contributed by atoms with Crippen molar-refractivity contribution >= 4 is 0 Å². The van der Waals surface area contributed by atoms with Crippen LogP contribution >= 0.6 is 0 Å². The van der Waals surface area contributed by atoms with Gasteiger partial charge >= 0.3 is 0 Å². The molecule has 0 aliphatic rings. The minimum Gasteiger partial charge on any atom is -0.394 e. The molecular weight excluding hydrogens is 240 g/mol. The van der Waals surface area contributed by atoms with Gasteiger partial charge in [0.2, 0.25) is 0 Å². The molecule has 0 spiro atoms. The van der Waals surface area contributed by atoms with Gasteiger partial charge in [0.25, 0.3) is 0 Å². The van der Waals surface area contributed by atoms with E-state index in [0.717, 1.165) is 0 Å². The summed E-state index contributed by atoms with van der Waals surface area (Å²) in [5, 5.41) is 37.3. The summed E-state index contributed by atoms with van der Waals surface area (Å²) < 4.78 is 10.4. The van der Waals surface area contributed by atoms with E-state index in [1.54, 1.807) is 0 Å². The van der Waals surface area contributed by atoms with Gasteiger partial charge in [-0.15, -0.1) is 13.2 Å². The fraction of sp³-hybridized carbons (Fsp3) is 0.667. The molecule has 0 radical (unpaired) electrons. The SMILES string of the molecule is C=CCOCC(OCC=C)C(O)C(O)C(O)CO. The first kappa shape index (κ1) is 17.2. The first-order chi connectivity index (χ1) is 8.58. The minimum absolute atomic E-state index is 0.0240. The summed E-state index contributed by atoms with van der Waals surface area (Å²) in [5.41, 5.74) is 0. The van der Waals surface area contributed by atoms with Gasteiger partial charge in [-0.2, -0.15) is 0 Å². The fourth-order valence-electron chi connectivity index (χ4n) is 1.26. The van der Waals surface area contributed by atoms with Gasteiger partial charge in [-0.3, -0.25) is 0 Å². The molecule has 4 unspecified atom stereocenters. The smallest absolute Gasteiger partial charge is 0.111 e. The predicted octanol–water partition coefficient (Wildman–Crippen LogP) is -1.16. The summed E-state index contributed by atoms with van der Waals surface area (Å²) in [4.78, 5) is 0. The summed E-state index contributed by atoms with van der Waals surface area (Å²) in [6, 6.07) is 0. The van der Waals surface area contributed by atoms with Crippen LogP contribution in [0.5, 0.6) is 0 Å². The van der Waals surface area contributed by atoms with Crippen molar-refractivity contribution in [2.24, 2.45) is 0 Å². The fourth-order valence-corrected chi connectivity index (χ4v) is 1.26. The van der Waals surface area contributed by atoms with Crippen molar-refractivity contribution in [3.63, 3.8) is 0 Å². The van der Waals surface area contributed by atoms with E-state index in [1.165, 1.54) is 12.2 Å². The van der Waals surface area contributed by atoms with Crippen molar-refractivity contribution in [2.75, 3.05) is 26.4 Å². The third-order valence-electron chi connectivity index (χ3n) is 2.26. The summed E-state index contributed by atoms with van der Waals surface area (Å²) in [5.74, 6) is 0. The minimum atomic E-state index is -1.52. The average Bonchev–Trinajstić information content (AvgIpc) is 2.40. The zero-order chi connectivity index (χ0) is 14.0. The second kappa shape index (κ2) is 10.2. The van der Waals surface area contributed by atoms with Crippen molar-refractivity contribution < 1.29 is 29.9 Å². The Morgan fingerprint density at radius 2 is 1.61 bits per heavy atom. The second-order valence-corrected chi connectivity index (χ2v) is 3.72. The first-order valence-corrected chi connectivity index (χ1v) is 5.64. The van der Waals surface area contributed by atoms with Crippen molar-refractivity contribution in [1.82, 2.24) is 0 Å². The molecule has 0 bridgehead atoms. The highest BCUT2D eigenvalue weighted by Crippen LogP contribution is 2.09. The van der Waals surface area contributed by atoms with Crippen LogP contribution in [0.25, 0.3) is 0 Å². The maximum Gasteiger partial charge on any atom is 0.111 e. The number of hydrogen-bond donors (Lipinski definition) is 4. The maximum absolute atomic E-state index is 9.82. The lowest BCUT2D eigenvalue weighted by molar-refractivity contribution is -0.142. The van der Waals surface area contributed by atoms with Crippen LogP contribution in [0.15, 0.2) is 25.3 Å². The highest BCUT2D eigenvalue weighted by Gasteiger charge is 2.31. The monoisotopic (exact) mass is 262 g/mol. The quantitative estimate of drug-likeness (QED) is 0.277. The summed E-state index contributed by atoms with van der Waals surface area (Å²) >= 11 is 0. The lowest BCUT2D eigenvalue weighted by atomic mass is 10.0. The molecule has 0 aromatic carbocycles. The molecule has 0 aliphatic carbocycles. The molecule has 4 N–H and O–H groups in total. The molecular formula is C12H22O6. The van der Waals surface area contributed by atoms with Gasteiger partial charge in [0.1, 0.15) is 24.4 Å². The van der Waals surface area contributed by atoms with Crippen LogP contribution in [0.2, 0.25) is 0 Å². The highest BCUT2D eigenvalue weighted by molar-refractivity contribution is 4.83. The van der Waals surface area contributed by atoms with Crippen LogP contribution in [-0.4, -0.2) is 71.3 Å². The Balaban J connectivity index is 4.40. The largest absolute Gasteiger partial charge is 0.394 e. The van der Waals surface area contributed by atoms with Gasteiger partial charge in [0, 0.05) is 0 Å². The molecule has 0 heterocycles. The zero-order valence-electron chi connectivity index (χ0n) is 10.3. The Labute approximate surface area is 107 Å². The van der Waals surface area contributed by atoms with Gasteiger partial charge in [0.15, 0.2) is 0 Å². The number of hydrogen-bond acceptors (Lipinski definition) is 6. The molecule has 106 valence electrons. The zero-order valence-corrected chi connectivity index (χ0v) is 10.3. The number of aliphatic hydroxyl groups is 4. The van der Waals surface area contributed by atoms with Gasteiger partial charge in [0.05, 0.1) is 26.4 Å². The molecule has 0 aliphatic heterocycles. The lowest BCUT2D eigenvalue weighted by Crippen LogP contribution is -2.48. The molecule has 0 aromatic heterocycles. The van der Waals surface area contributed by atoms with Crippen molar-refractivity contribution in [3.05, 3.63) is 25.3 Å². The van der Waals surface area contributed by atoms with Crippen LogP contribution < -0.4 is 0 Å². The van der Waals surface area contributed by atoms with Crippen LogP contribution in [0.1, 0.15) is 0 Å². The Bertz CT molecular complexity index is 233. The summed E-state index contributed by atoms with van der Waals surface area (Å²) in [6.07, 6.45) is -2.14. The molecule has 6 nitrogen and oxygen atoms in total.